The fourth-order valence-corrected chi connectivity index (χ4v) is 2.85. The van der Waals surface area contributed by atoms with Crippen molar-refractivity contribution in [3.63, 3.8) is 0 Å². The van der Waals surface area contributed by atoms with E-state index in [1.807, 2.05) is 19.1 Å². The smallest absolute Gasteiger partial charge is 0.268 e. The predicted octanol–water partition coefficient (Wildman–Crippen LogP) is 2.83. The van der Waals surface area contributed by atoms with Crippen molar-refractivity contribution in [1.82, 2.24) is 9.97 Å². The van der Waals surface area contributed by atoms with Gasteiger partial charge in [0.15, 0.2) is 0 Å². The lowest BCUT2D eigenvalue weighted by molar-refractivity contribution is 0.103. The quantitative estimate of drug-likeness (QED) is 0.758. The van der Waals surface area contributed by atoms with E-state index < -0.39 is 0 Å². The van der Waals surface area contributed by atoms with E-state index in [0.717, 1.165) is 15.8 Å². The average molecular weight is 284 g/mol. The van der Waals surface area contributed by atoms with Crippen LogP contribution in [0.5, 0.6) is 0 Å². The molecule has 0 fully saturated rings. The molecular weight excluding hydrogens is 272 g/mol. The molecule has 0 aliphatic carbocycles. The molecule has 3 N–H and O–H groups in total. The Morgan fingerprint density at radius 1 is 1.35 bits per heavy atom. The zero-order chi connectivity index (χ0) is 14.1. The Morgan fingerprint density at radius 3 is 2.95 bits per heavy atom. The summed E-state index contributed by atoms with van der Waals surface area (Å²) in [5.74, 6) is -0.235. The maximum absolute atomic E-state index is 12.3. The van der Waals surface area contributed by atoms with Gasteiger partial charge in [0.2, 0.25) is 0 Å². The number of rotatable bonds is 2. The fourth-order valence-electron chi connectivity index (χ4n) is 1.89. The number of thiophene rings is 1. The molecule has 0 aliphatic heterocycles. The van der Waals surface area contributed by atoms with Crippen LogP contribution in [0.2, 0.25) is 0 Å². The van der Waals surface area contributed by atoms with Gasteiger partial charge in [-0.05, 0) is 30.7 Å². The second-order valence-corrected chi connectivity index (χ2v) is 5.34. The normalized spacial score (nSPS) is 10.7. The first kappa shape index (κ1) is 12.6. The Hall–Kier alpha value is -2.47. The molecule has 0 radical (unpaired) electrons. The molecule has 5 nitrogen and oxygen atoms in total. The summed E-state index contributed by atoms with van der Waals surface area (Å²) in [6.45, 7) is 1.91. The van der Waals surface area contributed by atoms with Crippen LogP contribution in [-0.4, -0.2) is 15.9 Å². The highest BCUT2D eigenvalue weighted by Gasteiger charge is 2.17. The lowest BCUT2D eigenvalue weighted by Crippen LogP contribution is -2.13. The molecule has 1 amide bonds. The van der Waals surface area contributed by atoms with Gasteiger partial charge in [0.25, 0.3) is 5.91 Å². The minimum atomic E-state index is -0.235. The SMILES string of the molecule is Cc1ccncc1NC(=O)c1sc2ncccc2c1N. The van der Waals surface area contributed by atoms with Crippen LogP contribution in [0.1, 0.15) is 15.2 Å². The first-order valence-corrected chi connectivity index (χ1v) is 6.83. The van der Waals surface area contributed by atoms with E-state index in [9.17, 15) is 4.79 Å². The van der Waals surface area contributed by atoms with Crippen LogP contribution in [0, 0.1) is 6.92 Å². The molecule has 0 saturated heterocycles. The molecular formula is C14H12N4OS. The summed E-state index contributed by atoms with van der Waals surface area (Å²) in [7, 11) is 0. The third kappa shape index (κ3) is 2.10. The number of nitrogens with two attached hydrogens (primary N) is 1. The monoisotopic (exact) mass is 284 g/mol. The number of hydrogen-bond donors (Lipinski definition) is 2. The molecule has 0 bridgehead atoms. The van der Waals surface area contributed by atoms with Crippen molar-refractivity contribution in [3.05, 3.63) is 47.2 Å². The van der Waals surface area contributed by atoms with Crippen LogP contribution in [0.3, 0.4) is 0 Å². The molecule has 3 rings (SSSR count). The van der Waals surface area contributed by atoms with Crippen LogP contribution in [0.4, 0.5) is 11.4 Å². The van der Waals surface area contributed by atoms with Crippen molar-refractivity contribution >= 4 is 38.8 Å². The summed E-state index contributed by atoms with van der Waals surface area (Å²) < 4.78 is 0. The number of aromatic nitrogens is 2. The second-order valence-electron chi connectivity index (χ2n) is 4.35. The number of fused-ring (bicyclic) bond motifs is 1. The third-order valence-corrected chi connectivity index (χ3v) is 4.13. The largest absolute Gasteiger partial charge is 0.397 e. The molecule has 0 saturated carbocycles. The number of pyridine rings is 2. The van der Waals surface area contributed by atoms with Gasteiger partial charge in [0.05, 0.1) is 17.6 Å². The van der Waals surface area contributed by atoms with Gasteiger partial charge in [-0.15, -0.1) is 11.3 Å². The zero-order valence-electron chi connectivity index (χ0n) is 10.8. The molecule has 6 heteroatoms. The number of nitrogens with one attached hydrogen (secondary N) is 1. The number of carbonyl (C=O) groups excluding carboxylic acids is 1. The molecule has 20 heavy (non-hydrogen) atoms. The van der Waals surface area contributed by atoms with Crippen molar-refractivity contribution in [1.29, 1.82) is 0 Å². The Morgan fingerprint density at radius 2 is 2.20 bits per heavy atom. The summed E-state index contributed by atoms with van der Waals surface area (Å²) in [5, 5.41) is 3.64. The van der Waals surface area contributed by atoms with Crippen molar-refractivity contribution in [2.24, 2.45) is 0 Å². The van der Waals surface area contributed by atoms with Gasteiger partial charge in [-0.1, -0.05) is 0 Å². The third-order valence-electron chi connectivity index (χ3n) is 3.00. The lowest BCUT2D eigenvalue weighted by Gasteiger charge is -2.06. The molecule has 0 aromatic carbocycles. The Bertz CT molecular complexity index is 797. The summed E-state index contributed by atoms with van der Waals surface area (Å²) in [5.41, 5.74) is 8.13. The number of carbonyl (C=O) groups is 1. The Labute approximate surface area is 119 Å². The fraction of sp³-hybridized carbons (Fsp3) is 0.0714. The molecule has 0 unspecified atom stereocenters. The lowest BCUT2D eigenvalue weighted by atomic mass is 10.2. The Balaban J connectivity index is 1.97. The number of amides is 1. The minimum Gasteiger partial charge on any atom is -0.397 e. The van der Waals surface area contributed by atoms with E-state index >= 15 is 0 Å². The molecule has 0 spiro atoms. The molecule has 100 valence electrons. The number of anilines is 2. The first-order valence-electron chi connectivity index (χ1n) is 6.02. The topological polar surface area (TPSA) is 80.9 Å². The summed E-state index contributed by atoms with van der Waals surface area (Å²) in [6.07, 6.45) is 4.99. The van der Waals surface area contributed by atoms with E-state index in [1.165, 1.54) is 11.3 Å². The minimum absolute atomic E-state index is 0.235. The van der Waals surface area contributed by atoms with Crippen molar-refractivity contribution < 1.29 is 4.79 Å². The van der Waals surface area contributed by atoms with Crippen LogP contribution in [0.15, 0.2) is 36.8 Å². The summed E-state index contributed by atoms with van der Waals surface area (Å²) in [6, 6.07) is 5.50. The van der Waals surface area contributed by atoms with Gasteiger partial charge in [-0.3, -0.25) is 9.78 Å². The highest BCUT2D eigenvalue weighted by Crippen LogP contribution is 2.32. The molecule has 3 aromatic heterocycles. The van der Waals surface area contributed by atoms with Crippen LogP contribution < -0.4 is 11.1 Å². The predicted molar refractivity (Wildman–Crippen MR) is 81.0 cm³/mol. The number of nitrogen functional groups attached to an aromatic ring is 1. The van der Waals surface area contributed by atoms with Crippen molar-refractivity contribution in [2.45, 2.75) is 6.92 Å². The molecule has 0 atom stereocenters. The van der Waals surface area contributed by atoms with Gasteiger partial charge >= 0.3 is 0 Å². The van der Waals surface area contributed by atoms with Gasteiger partial charge < -0.3 is 11.1 Å². The highest BCUT2D eigenvalue weighted by molar-refractivity contribution is 7.21. The second kappa shape index (κ2) is 4.90. The highest BCUT2D eigenvalue weighted by atomic mass is 32.1. The van der Waals surface area contributed by atoms with Gasteiger partial charge in [-0.25, -0.2) is 4.98 Å². The summed E-state index contributed by atoms with van der Waals surface area (Å²) >= 11 is 1.29. The van der Waals surface area contributed by atoms with Crippen LogP contribution >= 0.6 is 11.3 Å². The van der Waals surface area contributed by atoms with Crippen molar-refractivity contribution in [2.75, 3.05) is 11.1 Å². The van der Waals surface area contributed by atoms with E-state index in [4.69, 9.17) is 5.73 Å². The van der Waals surface area contributed by atoms with Crippen molar-refractivity contribution in [3.8, 4) is 0 Å². The maximum Gasteiger partial charge on any atom is 0.268 e. The van der Waals surface area contributed by atoms with Gasteiger partial charge in [0, 0.05) is 17.8 Å². The maximum atomic E-state index is 12.3. The zero-order valence-corrected chi connectivity index (χ0v) is 11.6. The average Bonchev–Trinajstić information content (AvgIpc) is 2.79. The van der Waals surface area contributed by atoms with Gasteiger partial charge in [-0.2, -0.15) is 0 Å². The number of aryl methyl sites for hydroxylation is 1. The summed E-state index contributed by atoms with van der Waals surface area (Å²) in [4.78, 5) is 21.8. The van der Waals surface area contributed by atoms with E-state index in [2.05, 4.69) is 15.3 Å². The van der Waals surface area contributed by atoms with Crippen LogP contribution in [0.25, 0.3) is 10.2 Å². The van der Waals surface area contributed by atoms with E-state index in [-0.39, 0.29) is 5.91 Å². The standard InChI is InChI=1S/C14H12N4OS/c1-8-4-6-16-7-10(8)18-13(19)12-11(15)9-3-2-5-17-14(9)20-12/h2-7H,15H2,1H3,(H,18,19). The number of hydrogen-bond acceptors (Lipinski definition) is 5. The Kier molecular flexibility index (Phi) is 3.08. The molecule has 0 aliphatic rings. The van der Waals surface area contributed by atoms with Crippen LogP contribution in [-0.2, 0) is 0 Å². The first-order chi connectivity index (χ1) is 9.66. The number of nitrogens with zero attached hydrogens (tertiary/aromatic N) is 2. The molecule has 3 aromatic rings. The van der Waals surface area contributed by atoms with E-state index in [1.54, 1.807) is 24.7 Å². The van der Waals surface area contributed by atoms with Gasteiger partial charge in [0.1, 0.15) is 9.71 Å². The van der Waals surface area contributed by atoms with E-state index in [0.29, 0.717) is 16.3 Å². The molecule has 3 heterocycles.